The smallest absolute Gasteiger partial charge is 0.303 e. The number of fused-ring (bicyclic) bond motifs is 1. The Labute approximate surface area is 189 Å². The Bertz CT molecular complexity index is 994. The van der Waals surface area contributed by atoms with Crippen molar-refractivity contribution in [1.82, 2.24) is 5.01 Å². The van der Waals surface area contributed by atoms with Gasteiger partial charge >= 0.3 is 5.97 Å². The van der Waals surface area contributed by atoms with E-state index in [4.69, 9.17) is 5.11 Å². The minimum Gasteiger partial charge on any atom is -0.481 e. The van der Waals surface area contributed by atoms with Crippen molar-refractivity contribution in [3.8, 4) is 0 Å². The second kappa shape index (κ2) is 9.98. The molecule has 0 saturated carbocycles. The zero-order valence-electron chi connectivity index (χ0n) is 18.6. The first-order valence-corrected chi connectivity index (χ1v) is 11.5. The Morgan fingerprint density at radius 3 is 2.59 bits per heavy atom. The Morgan fingerprint density at radius 1 is 1.12 bits per heavy atom. The van der Waals surface area contributed by atoms with Crippen LogP contribution in [0.2, 0.25) is 0 Å². The fourth-order valence-corrected chi connectivity index (χ4v) is 4.76. The molecule has 32 heavy (non-hydrogen) atoms. The van der Waals surface area contributed by atoms with Gasteiger partial charge in [-0.1, -0.05) is 25.1 Å². The minimum absolute atomic E-state index is 0.142. The summed E-state index contributed by atoms with van der Waals surface area (Å²) >= 11 is 0. The standard InChI is InChI=1S/C26H31N3O3/c1-18-21(16-25(30)31)9-10-22-15-23(11-12-24(18)22)28-26(32)20-7-5-19(6-8-20)17-27-29-13-3-2-4-14-29/h5-8,11-12,15,17-18,21H,2-4,9-10,13-14,16H2,1H3,(H,28,32)(H,30,31). The van der Waals surface area contributed by atoms with Crippen molar-refractivity contribution >= 4 is 23.8 Å². The molecular weight excluding hydrogens is 402 g/mol. The molecule has 0 radical (unpaired) electrons. The molecule has 6 nitrogen and oxygen atoms in total. The monoisotopic (exact) mass is 433 g/mol. The first-order chi connectivity index (χ1) is 15.5. The summed E-state index contributed by atoms with van der Waals surface area (Å²) in [7, 11) is 0. The Morgan fingerprint density at radius 2 is 1.88 bits per heavy atom. The summed E-state index contributed by atoms with van der Waals surface area (Å²) in [5.74, 6) is -0.508. The number of hydrogen-bond acceptors (Lipinski definition) is 4. The van der Waals surface area contributed by atoms with Gasteiger partial charge in [-0.2, -0.15) is 5.10 Å². The summed E-state index contributed by atoms with van der Waals surface area (Å²) in [6.07, 6.45) is 7.43. The van der Waals surface area contributed by atoms with Crippen LogP contribution in [0.3, 0.4) is 0 Å². The summed E-state index contributed by atoms with van der Waals surface area (Å²) < 4.78 is 0. The highest BCUT2D eigenvalue weighted by molar-refractivity contribution is 6.04. The lowest BCUT2D eigenvalue weighted by Gasteiger charge is -2.30. The molecule has 2 atom stereocenters. The third kappa shape index (κ3) is 5.36. The average Bonchev–Trinajstić information content (AvgIpc) is 2.80. The van der Waals surface area contributed by atoms with Crippen LogP contribution in [0.4, 0.5) is 5.69 Å². The molecule has 2 unspecified atom stereocenters. The molecule has 0 aromatic heterocycles. The predicted octanol–water partition coefficient (Wildman–Crippen LogP) is 4.90. The molecule has 2 N–H and O–H groups in total. The summed E-state index contributed by atoms with van der Waals surface area (Å²) in [5.41, 5.74) is 4.74. The van der Waals surface area contributed by atoms with E-state index in [0.29, 0.717) is 5.56 Å². The lowest BCUT2D eigenvalue weighted by Crippen LogP contribution is -2.24. The maximum Gasteiger partial charge on any atom is 0.303 e. The normalized spacial score (nSPS) is 20.7. The summed E-state index contributed by atoms with van der Waals surface area (Å²) in [6, 6.07) is 13.5. The molecule has 1 amide bonds. The second-order valence-corrected chi connectivity index (χ2v) is 8.93. The number of rotatable bonds is 6. The van der Waals surface area contributed by atoms with Crippen LogP contribution in [0.25, 0.3) is 0 Å². The molecule has 2 aliphatic rings. The fraction of sp³-hybridized carbons (Fsp3) is 0.423. The largest absolute Gasteiger partial charge is 0.481 e. The molecule has 0 bridgehead atoms. The number of piperidine rings is 1. The molecule has 1 aliphatic heterocycles. The van der Waals surface area contributed by atoms with Crippen molar-refractivity contribution < 1.29 is 14.7 Å². The lowest BCUT2D eigenvalue weighted by atomic mass is 9.74. The van der Waals surface area contributed by atoms with Crippen molar-refractivity contribution in [2.75, 3.05) is 18.4 Å². The molecule has 4 rings (SSSR count). The number of hydrogen-bond donors (Lipinski definition) is 2. The number of benzene rings is 2. The molecule has 1 fully saturated rings. The van der Waals surface area contributed by atoms with Crippen LogP contribution in [-0.4, -0.2) is 41.3 Å². The van der Waals surface area contributed by atoms with E-state index in [9.17, 15) is 9.59 Å². The number of carboxylic acid groups (broad SMARTS) is 1. The van der Waals surface area contributed by atoms with Gasteiger partial charge in [-0.3, -0.25) is 14.6 Å². The maximum atomic E-state index is 12.7. The van der Waals surface area contributed by atoms with E-state index in [0.717, 1.165) is 37.2 Å². The van der Waals surface area contributed by atoms with E-state index in [2.05, 4.69) is 22.4 Å². The molecule has 1 saturated heterocycles. The van der Waals surface area contributed by atoms with Gasteiger partial charge in [0.1, 0.15) is 0 Å². The van der Waals surface area contributed by atoms with Gasteiger partial charge in [0.25, 0.3) is 5.91 Å². The van der Waals surface area contributed by atoms with Crippen LogP contribution >= 0.6 is 0 Å². The molecule has 1 heterocycles. The molecule has 2 aromatic rings. The number of aryl methyl sites for hydroxylation is 1. The number of nitrogens with zero attached hydrogens (tertiary/aromatic N) is 2. The third-order valence-electron chi connectivity index (χ3n) is 6.70. The van der Waals surface area contributed by atoms with Gasteiger partial charge in [-0.05, 0) is 84.9 Å². The maximum absolute atomic E-state index is 12.7. The lowest BCUT2D eigenvalue weighted by molar-refractivity contribution is -0.138. The van der Waals surface area contributed by atoms with Crippen molar-refractivity contribution in [3.05, 3.63) is 64.7 Å². The highest BCUT2D eigenvalue weighted by atomic mass is 16.4. The number of amides is 1. The van der Waals surface area contributed by atoms with Gasteiger partial charge in [-0.15, -0.1) is 0 Å². The van der Waals surface area contributed by atoms with Crippen molar-refractivity contribution in [2.45, 2.75) is 51.4 Å². The number of carboxylic acids is 1. The van der Waals surface area contributed by atoms with Crippen molar-refractivity contribution in [3.63, 3.8) is 0 Å². The minimum atomic E-state index is -0.738. The Hall–Kier alpha value is -3.15. The van der Waals surface area contributed by atoms with E-state index < -0.39 is 5.97 Å². The zero-order chi connectivity index (χ0) is 22.5. The predicted molar refractivity (Wildman–Crippen MR) is 126 cm³/mol. The summed E-state index contributed by atoms with van der Waals surface area (Å²) in [4.78, 5) is 23.8. The number of anilines is 1. The topological polar surface area (TPSA) is 82.0 Å². The Kier molecular flexibility index (Phi) is 6.88. The van der Waals surface area contributed by atoms with Crippen LogP contribution in [0, 0.1) is 5.92 Å². The van der Waals surface area contributed by atoms with E-state index in [1.165, 1.54) is 30.4 Å². The van der Waals surface area contributed by atoms with Crippen molar-refractivity contribution in [2.24, 2.45) is 11.0 Å². The second-order valence-electron chi connectivity index (χ2n) is 8.93. The highest BCUT2D eigenvalue weighted by Gasteiger charge is 2.28. The van der Waals surface area contributed by atoms with Gasteiger partial charge in [-0.25, -0.2) is 0 Å². The van der Waals surface area contributed by atoms with Gasteiger partial charge in [0.05, 0.1) is 6.21 Å². The molecule has 6 heteroatoms. The molecule has 1 aliphatic carbocycles. The van der Waals surface area contributed by atoms with E-state index in [1.807, 2.05) is 48.7 Å². The van der Waals surface area contributed by atoms with Crippen LogP contribution in [-0.2, 0) is 11.2 Å². The van der Waals surface area contributed by atoms with E-state index >= 15 is 0 Å². The SMILES string of the molecule is CC1c2ccc(NC(=O)c3ccc(C=NN4CCCCC4)cc3)cc2CCC1CC(=O)O. The summed E-state index contributed by atoms with van der Waals surface area (Å²) in [5, 5.41) is 18.8. The number of nitrogens with one attached hydrogen (secondary N) is 1. The molecule has 0 spiro atoms. The third-order valence-corrected chi connectivity index (χ3v) is 6.70. The number of carbonyl (C=O) groups excluding carboxylic acids is 1. The molecule has 2 aromatic carbocycles. The number of aliphatic carboxylic acids is 1. The molecule has 168 valence electrons. The van der Waals surface area contributed by atoms with E-state index in [-0.39, 0.29) is 24.2 Å². The van der Waals surface area contributed by atoms with Crippen molar-refractivity contribution in [1.29, 1.82) is 0 Å². The van der Waals surface area contributed by atoms with Gasteiger partial charge in [0, 0.05) is 30.8 Å². The van der Waals surface area contributed by atoms with Gasteiger partial charge in [0.2, 0.25) is 0 Å². The van der Waals surface area contributed by atoms with Crippen LogP contribution in [0.5, 0.6) is 0 Å². The molecular formula is C26H31N3O3. The summed E-state index contributed by atoms with van der Waals surface area (Å²) in [6.45, 7) is 4.12. The van der Waals surface area contributed by atoms with Crippen LogP contribution in [0.15, 0.2) is 47.6 Å². The number of carbonyl (C=O) groups is 2. The fourth-order valence-electron chi connectivity index (χ4n) is 4.76. The van der Waals surface area contributed by atoms with Crippen LogP contribution in [0.1, 0.15) is 72.0 Å². The van der Waals surface area contributed by atoms with Gasteiger partial charge in [0.15, 0.2) is 0 Å². The first-order valence-electron chi connectivity index (χ1n) is 11.5. The van der Waals surface area contributed by atoms with Gasteiger partial charge < -0.3 is 10.4 Å². The quantitative estimate of drug-likeness (QED) is 0.635. The zero-order valence-corrected chi connectivity index (χ0v) is 18.6. The van der Waals surface area contributed by atoms with Crippen LogP contribution < -0.4 is 5.32 Å². The Balaban J connectivity index is 1.38. The number of hydrazone groups is 1. The highest BCUT2D eigenvalue weighted by Crippen LogP contribution is 2.38. The average molecular weight is 434 g/mol. The van der Waals surface area contributed by atoms with E-state index in [1.54, 1.807) is 0 Å². The first kappa shape index (κ1) is 22.1.